The third kappa shape index (κ3) is 2.88. The summed E-state index contributed by atoms with van der Waals surface area (Å²) in [7, 11) is 0. The molecule has 1 aliphatic rings. The van der Waals surface area contributed by atoms with E-state index in [1.54, 1.807) is 6.07 Å². The van der Waals surface area contributed by atoms with Gasteiger partial charge in [-0.25, -0.2) is 0 Å². The lowest BCUT2D eigenvalue weighted by molar-refractivity contribution is -0.0989. The van der Waals surface area contributed by atoms with Crippen LogP contribution < -0.4 is 4.74 Å². The van der Waals surface area contributed by atoms with E-state index < -0.39 is 0 Å². The summed E-state index contributed by atoms with van der Waals surface area (Å²) < 4.78 is 16.6. The molecule has 1 aromatic rings. The maximum absolute atomic E-state index is 5.96. The molecule has 1 atom stereocenters. The molecule has 0 spiro atoms. The van der Waals surface area contributed by atoms with E-state index >= 15 is 0 Å². The van der Waals surface area contributed by atoms with E-state index in [2.05, 4.69) is 0 Å². The minimum Gasteiger partial charge on any atom is -0.487 e. The molecule has 0 bridgehead atoms. The Bertz CT molecular complexity index is 365. The third-order valence-corrected chi connectivity index (χ3v) is 2.59. The smallest absolute Gasteiger partial charge is 0.192 e. The quantitative estimate of drug-likeness (QED) is 0.816. The van der Waals surface area contributed by atoms with Gasteiger partial charge in [-0.3, -0.25) is 0 Å². The van der Waals surface area contributed by atoms with Crippen molar-refractivity contribution in [1.82, 2.24) is 0 Å². The van der Waals surface area contributed by atoms with E-state index in [1.165, 1.54) is 0 Å². The monoisotopic (exact) mass is 242 g/mol. The summed E-state index contributed by atoms with van der Waals surface area (Å²) in [5.41, 5.74) is -0.228. The van der Waals surface area contributed by atoms with Gasteiger partial charge in [-0.05, 0) is 26.0 Å². The lowest BCUT2D eigenvalue weighted by atomic mass is 10.2. The Morgan fingerprint density at radius 1 is 1.44 bits per heavy atom. The van der Waals surface area contributed by atoms with Gasteiger partial charge in [0.05, 0.1) is 17.2 Å². The largest absolute Gasteiger partial charge is 0.487 e. The third-order valence-electron chi connectivity index (χ3n) is 2.28. The standard InChI is InChI=1S/C12H15ClO3/c1-12(2)8-15-11(16-12)7-14-10-6-4-3-5-9(10)13/h3-6,11H,7-8H2,1-2H3. The van der Waals surface area contributed by atoms with E-state index in [9.17, 15) is 0 Å². The molecule has 0 aromatic heterocycles. The molecule has 1 unspecified atom stereocenters. The summed E-state index contributed by atoms with van der Waals surface area (Å²) in [6.45, 7) is 4.92. The molecular formula is C12H15ClO3. The van der Waals surface area contributed by atoms with Gasteiger partial charge in [0.15, 0.2) is 6.29 Å². The van der Waals surface area contributed by atoms with Gasteiger partial charge in [0.25, 0.3) is 0 Å². The van der Waals surface area contributed by atoms with Crippen LogP contribution in [-0.4, -0.2) is 25.1 Å². The van der Waals surface area contributed by atoms with Crippen LogP contribution in [0.4, 0.5) is 0 Å². The number of hydrogen-bond donors (Lipinski definition) is 0. The Labute approximate surface area is 100 Å². The van der Waals surface area contributed by atoms with Gasteiger partial charge in [-0.1, -0.05) is 23.7 Å². The molecule has 3 nitrogen and oxygen atoms in total. The van der Waals surface area contributed by atoms with Crippen LogP contribution in [0, 0.1) is 0 Å². The van der Waals surface area contributed by atoms with Crippen molar-refractivity contribution >= 4 is 11.6 Å². The van der Waals surface area contributed by atoms with Crippen molar-refractivity contribution in [2.75, 3.05) is 13.2 Å². The van der Waals surface area contributed by atoms with Crippen LogP contribution in [0.3, 0.4) is 0 Å². The topological polar surface area (TPSA) is 27.7 Å². The maximum Gasteiger partial charge on any atom is 0.192 e. The fourth-order valence-electron chi connectivity index (χ4n) is 1.52. The first kappa shape index (κ1) is 11.7. The van der Waals surface area contributed by atoms with E-state index in [-0.39, 0.29) is 11.9 Å². The van der Waals surface area contributed by atoms with E-state index in [4.69, 9.17) is 25.8 Å². The molecule has 0 saturated carbocycles. The highest BCUT2D eigenvalue weighted by Gasteiger charge is 2.33. The summed E-state index contributed by atoms with van der Waals surface area (Å²) in [6.07, 6.45) is -0.314. The van der Waals surface area contributed by atoms with Crippen molar-refractivity contribution in [3.05, 3.63) is 29.3 Å². The molecule has 1 heterocycles. The number of rotatable bonds is 3. The number of ether oxygens (including phenoxy) is 3. The molecule has 1 aliphatic heterocycles. The molecule has 0 N–H and O–H groups in total. The van der Waals surface area contributed by atoms with Crippen LogP contribution in [0.1, 0.15) is 13.8 Å². The van der Waals surface area contributed by atoms with Gasteiger partial charge in [0.2, 0.25) is 0 Å². The fraction of sp³-hybridized carbons (Fsp3) is 0.500. The first-order chi connectivity index (χ1) is 7.57. The average molecular weight is 243 g/mol. The Morgan fingerprint density at radius 3 is 2.81 bits per heavy atom. The van der Waals surface area contributed by atoms with Crippen molar-refractivity contribution in [3.8, 4) is 5.75 Å². The second-order valence-corrected chi connectivity index (χ2v) is 4.77. The predicted octanol–water partition coefficient (Wildman–Crippen LogP) is 2.87. The summed E-state index contributed by atoms with van der Waals surface area (Å²) in [5.74, 6) is 0.654. The number of hydrogen-bond acceptors (Lipinski definition) is 3. The normalized spacial score (nSPS) is 23.3. The molecule has 0 radical (unpaired) electrons. The van der Waals surface area contributed by atoms with Gasteiger partial charge in [0.1, 0.15) is 12.4 Å². The van der Waals surface area contributed by atoms with Crippen LogP contribution in [0.25, 0.3) is 0 Å². The number of para-hydroxylation sites is 1. The lowest BCUT2D eigenvalue weighted by Gasteiger charge is -2.16. The zero-order valence-corrected chi connectivity index (χ0v) is 10.2. The molecule has 1 saturated heterocycles. The summed E-state index contributed by atoms with van der Waals surface area (Å²) in [5, 5.41) is 0.597. The first-order valence-electron chi connectivity index (χ1n) is 5.24. The second-order valence-electron chi connectivity index (χ2n) is 4.36. The molecule has 0 aliphatic carbocycles. The summed E-state index contributed by atoms with van der Waals surface area (Å²) in [4.78, 5) is 0. The van der Waals surface area contributed by atoms with Crippen LogP contribution in [0.2, 0.25) is 5.02 Å². The second kappa shape index (κ2) is 4.62. The highest BCUT2D eigenvalue weighted by Crippen LogP contribution is 2.26. The molecule has 88 valence electrons. The van der Waals surface area contributed by atoms with E-state index in [1.807, 2.05) is 32.0 Å². The van der Waals surface area contributed by atoms with Crippen LogP contribution in [0.5, 0.6) is 5.75 Å². The Hall–Kier alpha value is -0.770. The molecular weight excluding hydrogens is 228 g/mol. The molecule has 2 rings (SSSR count). The molecule has 16 heavy (non-hydrogen) atoms. The van der Waals surface area contributed by atoms with Crippen LogP contribution in [0.15, 0.2) is 24.3 Å². The zero-order chi connectivity index (χ0) is 11.6. The Morgan fingerprint density at radius 2 is 2.19 bits per heavy atom. The molecule has 0 amide bonds. The van der Waals surface area contributed by atoms with Crippen molar-refractivity contribution in [3.63, 3.8) is 0 Å². The minimum absolute atomic E-state index is 0.228. The average Bonchev–Trinajstić information content (AvgIpc) is 2.57. The maximum atomic E-state index is 5.96. The SMILES string of the molecule is CC1(C)COC(COc2ccccc2Cl)O1. The molecule has 1 fully saturated rings. The van der Waals surface area contributed by atoms with Gasteiger partial charge >= 0.3 is 0 Å². The predicted molar refractivity (Wildman–Crippen MR) is 61.9 cm³/mol. The van der Waals surface area contributed by atoms with Gasteiger partial charge in [0, 0.05) is 0 Å². The first-order valence-corrected chi connectivity index (χ1v) is 5.61. The van der Waals surface area contributed by atoms with Crippen molar-refractivity contribution < 1.29 is 14.2 Å². The Kier molecular flexibility index (Phi) is 3.38. The van der Waals surface area contributed by atoms with Crippen molar-refractivity contribution in [1.29, 1.82) is 0 Å². The minimum atomic E-state index is -0.314. The highest BCUT2D eigenvalue weighted by atomic mass is 35.5. The lowest BCUT2D eigenvalue weighted by Crippen LogP contribution is -2.25. The van der Waals surface area contributed by atoms with Gasteiger partial charge in [-0.2, -0.15) is 0 Å². The summed E-state index contributed by atoms with van der Waals surface area (Å²) in [6, 6.07) is 7.35. The van der Waals surface area contributed by atoms with Crippen molar-refractivity contribution in [2.24, 2.45) is 0 Å². The fourth-order valence-corrected chi connectivity index (χ4v) is 1.71. The van der Waals surface area contributed by atoms with Gasteiger partial charge < -0.3 is 14.2 Å². The van der Waals surface area contributed by atoms with Crippen molar-refractivity contribution in [2.45, 2.75) is 25.7 Å². The zero-order valence-electron chi connectivity index (χ0n) is 9.40. The molecule has 1 aromatic carbocycles. The van der Waals surface area contributed by atoms with E-state index in [0.29, 0.717) is 24.0 Å². The van der Waals surface area contributed by atoms with Crippen LogP contribution >= 0.6 is 11.6 Å². The van der Waals surface area contributed by atoms with E-state index in [0.717, 1.165) is 0 Å². The molecule has 4 heteroatoms. The van der Waals surface area contributed by atoms with Crippen LogP contribution in [-0.2, 0) is 9.47 Å². The summed E-state index contributed by atoms with van der Waals surface area (Å²) >= 11 is 5.96. The highest BCUT2D eigenvalue weighted by molar-refractivity contribution is 6.32. The number of benzene rings is 1. The van der Waals surface area contributed by atoms with Gasteiger partial charge in [-0.15, -0.1) is 0 Å². The number of halogens is 1. The Balaban J connectivity index is 1.87.